The minimum Gasteiger partial charge on any atom is -0.397 e. The van der Waals surface area contributed by atoms with E-state index in [0.717, 1.165) is 53.8 Å². The van der Waals surface area contributed by atoms with Crippen molar-refractivity contribution >= 4 is 30.3 Å². The van der Waals surface area contributed by atoms with E-state index in [0.29, 0.717) is 31.0 Å². The standard InChI is InChI=1S/C23H28N4O3.C7H14O.C2H6/c1-4-5-10-22(24-2)27(17-29)15-18-11-13-19(14-12-18)20-8-6-7-9-21(20)23(25-16-28)26-30-3;1-5-6(8)7(2,3)4;1-2/h6-9,11-14,16-17H,4-5,10,15H2,1-3H3,(H,25,26,28);5H2,1-4H3;1-2H3. The first-order valence-electron chi connectivity index (χ1n) is 13.9. The van der Waals surface area contributed by atoms with Gasteiger partial charge in [0.1, 0.15) is 18.7 Å². The van der Waals surface area contributed by atoms with Crippen LogP contribution in [0.2, 0.25) is 0 Å². The molecule has 0 saturated heterocycles. The van der Waals surface area contributed by atoms with Crippen LogP contribution >= 0.6 is 0 Å². The van der Waals surface area contributed by atoms with Gasteiger partial charge in [0.15, 0.2) is 5.84 Å². The molecule has 0 aliphatic carbocycles. The highest BCUT2D eigenvalue weighted by Crippen LogP contribution is 2.25. The number of rotatable bonds is 11. The number of carbonyl (C=O) groups excluding carboxylic acids is 3. The number of nitrogens with zero attached hydrogens (tertiary/aromatic N) is 3. The van der Waals surface area contributed by atoms with Crippen LogP contribution in [-0.2, 0) is 25.8 Å². The maximum absolute atomic E-state index is 11.6. The fourth-order valence-electron chi connectivity index (χ4n) is 3.67. The van der Waals surface area contributed by atoms with Gasteiger partial charge in [0.05, 0.1) is 6.54 Å². The molecule has 0 fully saturated rings. The number of hydrogen-bond donors (Lipinski definition) is 1. The molecule has 2 rings (SSSR count). The first kappa shape index (κ1) is 36.2. The van der Waals surface area contributed by atoms with Gasteiger partial charge in [-0.05, 0) is 23.1 Å². The molecule has 0 aliphatic heterocycles. The van der Waals surface area contributed by atoms with Crippen molar-refractivity contribution in [2.75, 3.05) is 14.2 Å². The number of aliphatic imine (C=N–C) groups is 1. The van der Waals surface area contributed by atoms with Crippen LogP contribution in [0.1, 0.15) is 85.3 Å². The fraction of sp³-hybridized carbons (Fsp3) is 0.469. The Morgan fingerprint density at radius 3 is 2.10 bits per heavy atom. The highest BCUT2D eigenvalue weighted by molar-refractivity contribution is 6.08. The average Bonchev–Trinajstić information content (AvgIpc) is 2.97. The predicted octanol–water partition coefficient (Wildman–Crippen LogP) is 6.62. The van der Waals surface area contributed by atoms with Crippen molar-refractivity contribution in [3.05, 3.63) is 59.7 Å². The van der Waals surface area contributed by atoms with Crippen LogP contribution < -0.4 is 5.32 Å². The Morgan fingerprint density at radius 2 is 1.65 bits per heavy atom. The number of ketones is 1. The van der Waals surface area contributed by atoms with E-state index in [9.17, 15) is 14.4 Å². The van der Waals surface area contributed by atoms with E-state index in [2.05, 4.69) is 22.4 Å². The third kappa shape index (κ3) is 12.4. The molecule has 8 nitrogen and oxygen atoms in total. The molecule has 1 N–H and O–H groups in total. The molecule has 2 amide bonds. The fourth-order valence-corrected chi connectivity index (χ4v) is 3.67. The first-order chi connectivity index (χ1) is 19.2. The van der Waals surface area contributed by atoms with Crippen molar-refractivity contribution in [2.24, 2.45) is 15.6 Å². The van der Waals surface area contributed by atoms with Crippen molar-refractivity contribution in [2.45, 2.75) is 80.7 Å². The van der Waals surface area contributed by atoms with E-state index in [4.69, 9.17) is 4.84 Å². The third-order valence-corrected chi connectivity index (χ3v) is 5.81. The van der Waals surface area contributed by atoms with Gasteiger partial charge in [-0.25, -0.2) is 0 Å². The Kier molecular flexibility index (Phi) is 18.2. The molecule has 0 aliphatic rings. The average molecular weight is 553 g/mol. The minimum absolute atomic E-state index is 0.130. The largest absolute Gasteiger partial charge is 0.397 e. The third-order valence-electron chi connectivity index (χ3n) is 5.81. The Balaban J connectivity index is 0.00000130. The zero-order chi connectivity index (χ0) is 30.6. The van der Waals surface area contributed by atoms with E-state index >= 15 is 0 Å². The van der Waals surface area contributed by atoms with E-state index in [1.54, 1.807) is 11.9 Å². The summed E-state index contributed by atoms with van der Waals surface area (Å²) in [7, 11) is 3.14. The van der Waals surface area contributed by atoms with Gasteiger partial charge in [0.25, 0.3) is 0 Å². The summed E-state index contributed by atoms with van der Waals surface area (Å²) in [5, 5.41) is 6.48. The summed E-state index contributed by atoms with van der Waals surface area (Å²) in [4.78, 5) is 44.1. The van der Waals surface area contributed by atoms with Crippen LogP contribution in [0.3, 0.4) is 0 Å². The summed E-state index contributed by atoms with van der Waals surface area (Å²) < 4.78 is 0. The molecule has 2 aromatic rings. The molecule has 0 radical (unpaired) electrons. The van der Waals surface area contributed by atoms with Crippen LogP contribution in [0.15, 0.2) is 58.7 Å². The van der Waals surface area contributed by atoms with Gasteiger partial charge in [-0.3, -0.25) is 24.3 Å². The van der Waals surface area contributed by atoms with Crippen LogP contribution in [0, 0.1) is 5.41 Å². The topological polar surface area (TPSA) is 100 Å². The number of oxime groups is 1. The summed E-state index contributed by atoms with van der Waals surface area (Å²) in [6.07, 6.45) is 4.88. The molecule has 0 bridgehead atoms. The maximum atomic E-state index is 11.6. The number of benzene rings is 2. The Hall–Kier alpha value is -3.81. The van der Waals surface area contributed by atoms with Gasteiger partial charge < -0.3 is 10.2 Å². The lowest BCUT2D eigenvalue weighted by Gasteiger charge is -2.20. The van der Waals surface area contributed by atoms with Crippen molar-refractivity contribution in [3.63, 3.8) is 0 Å². The maximum Gasteiger partial charge on any atom is 0.215 e. The molecule has 0 saturated carbocycles. The summed E-state index contributed by atoms with van der Waals surface area (Å²) in [6.45, 7) is 14.3. The number of amidine groups is 2. The van der Waals surface area contributed by atoms with Crippen molar-refractivity contribution < 1.29 is 19.2 Å². The monoisotopic (exact) mass is 552 g/mol. The molecule has 0 spiro atoms. The molecule has 0 atom stereocenters. The molecule has 40 heavy (non-hydrogen) atoms. The van der Waals surface area contributed by atoms with Gasteiger partial charge in [0.2, 0.25) is 12.8 Å². The number of Topliss-reactive ketones (excluding diaryl/α,β-unsaturated/α-hetero) is 1. The summed E-state index contributed by atoms with van der Waals surface area (Å²) in [5.41, 5.74) is 3.47. The van der Waals surface area contributed by atoms with Crippen molar-refractivity contribution in [1.29, 1.82) is 0 Å². The number of nitrogens with one attached hydrogen (secondary N) is 1. The van der Waals surface area contributed by atoms with Crippen molar-refractivity contribution in [1.82, 2.24) is 10.2 Å². The normalized spacial score (nSPS) is 11.2. The van der Waals surface area contributed by atoms with Crippen LogP contribution in [0.25, 0.3) is 11.1 Å². The Bertz CT molecular complexity index is 1090. The first-order valence-corrected chi connectivity index (χ1v) is 13.9. The van der Waals surface area contributed by atoms with E-state index in [1.165, 1.54) is 7.11 Å². The SMILES string of the molecule is CC.CCC(=O)C(C)(C)C.CCCCC(=NC)N(C=O)Cc1ccc(-c2ccccc2/C(=N/OC)NC=O)cc1. The highest BCUT2D eigenvalue weighted by atomic mass is 16.6. The second-order valence-corrected chi connectivity index (χ2v) is 9.63. The quantitative estimate of drug-likeness (QED) is 0.146. The molecule has 0 unspecified atom stereocenters. The molecule has 8 heteroatoms. The van der Waals surface area contributed by atoms with E-state index in [1.807, 2.05) is 90.1 Å². The predicted molar refractivity (Wildman–Crippen MR) is 165 cm³/mol. The zero-order valence-electron chi connectivity index (χ0n) is 25.8. The summed E-state index contributed by atoms with van der Waals surface area (Å²) >= 11 is 0. The number of hydrogen-bond acceptors (Lipinski definition) is 6. The smallest absolute Gasteiger partial charge is 0.215 e. The molecule has 2 aromatic carbocycles. The lowest BCUT2D eigenvalue weighted by molar-refractivity contribution is -0.126. The highest BCUT2D eigenvalue weighted by Gasteiger charge is 2.18. The number of carbonyl (C=O) groups is 3. The lowest BCUT2D eigenvalue weighted by atomic mass is 9.90. The Labute approximate surface area is 240 Å². The number of unbranched alkanes of at least 4 members (excludes halogenated alkanes) is 1. The molecule has 0 heterocycles. The van der Waals surface area contributed by atoms with Crippen molar-refractivity contribution in [3.8, 4) is 11.1 Å². The van der Waals surface area contributed by atoms with Crippen LogP contribution in [-0.4, -0.2) is 49.3 Å². The van der Waals surface area contributed by atoms with Gasteiger partial charge in [-0.15, -0.1) is 0 Å². The molecular weight excluding hydrogens is 504 g/mol. The van der Waals surface area contributed by atoms with Gasteiger partial charge >= 0.3 is 0 Å². The van der Waals surface area contributed by atoms with Gasteiger partial charge in [-0.1, -0.05) is 109 Å². The van der Waals surface area contributed by atoms with E-state index < -0.39 is 0 Å². The molecule has 0 aromatic heterocycles. The second kappa shape index (κ2) is 20.1. The molecule has 220 valence electrons. The van der Waals surface area contributed by atoms with Gasteiger partial charge in [-0.2, -0.15) is 0 Å². The van der Waals surface area contributed by atoms with Crippen LogP contribution in [0.4, 0.5) is 0 Å². The Morgan fingerprint density at radius 1 is 1.02 bits per heavy atom. The minimum atomic E-state index is -0.130. The van der Waals surface area contributed by atoms with E-state index in [-0.39, 0.29) is 5.41 Å². The van der Waals surface area contributed by atoms with Gasteiger partial charge in [0, 0.05) is 30.9 Å². The number of amides is 2. The summed E-state index contributed by atoms with van der Waals surface area (Å²) in [5.74, 6) is 1.46. The van der Waals surface area contributed by atoms with Crippen LogP contribution in [0.5, 0.6) is 0 Å². The second-order valence-electron chi connectivity index (χ2n) is 9.63. The lowest BCUT2D eigenvalue weighted by Crippen LogP contribution is -2.29. The summed E-state index contributed by atoms with van der Waals surface area (Å²) in [6, 6.07) is 15.5. The molecular formula is C32H48N4O4. The zero-order valence-corrected chi connectivity index (χ0v) is 25.8.